The molecule has 0 N–H and O–H groups in total. The zero-order valence-electron chi connectivity index (χ0n) is 26.4. The molecule has 226 valence electrons. The van der Waals surface area contributed by atoms with Gasteiger partial charge in [-0.1, -0.05) is 66.7 Å². The highest BCUT2D eigenvalue weighted by Crippen LogP contribution is 2.44. The topological polar surface area (TPSA) is 69.0 Å². The lowest BCUT2D eigenvalue weighted by molar-refractivity contribution is 0.131. The molecule has 0 fully saturated rings. The minimum absolute atomic E-state index is 0.299. The molecule has 6 heteroatoms. The van der Waals surface area contributed by atoms with Crippen LogP contribution in [-0.2, 0) is 9.47 Å². The smallest absolute Gasteiger partial charge is 0.218 e. The first-order valence-electron chi connectivity index (χ1n) is 15.7. The maximum Gasteiger partial charge on any atom is 0.218 e. The van der Waals surface area contributed by atoms with E-state index >= 15 is 0 Å². The van der Waals surface area contributed by atoms with Crippen molar-refractivity contribution in [3.05, 3.63) is 121 Å². The third kappa shape index (κ3) is 5.00. The first kappa shape index (κ1) is 28.1. The van der Waals surface area contributed by atoms with Crippen LogP contribution in [0.5, 0.6) is 0 Å². The molecule has 2 aliphatic rings. The third-order valence-corrected chi connectivity index (χ3v) is 8.62. The fraction of sp³-hybridized carbons (Fsp3) is 0.200. The van der Waals surface area contributed by atoms with Crippen molar-refractivity contribution in [2.45, 2.75) is 38.9 Å². The van der Waals surface area contributed by atoms with E-state index in [1.54, 1.807) is 0 Å². The second-order valence-electron chi connectivity index (χ2n) is 13.3. The number of ether oxygens (including phenoxy) is 2. The van der Waals surface area contributed by atoms with Crippen molar-refractivity contribution >= 4 is 33.3 Å². The average Bonchev–Trinajstić information content (AvgIpc) is 3.64. The maximum absolute atomic E-state index is 6.09. The summed E-state index contributed by atoms with van der Waals surface area (Å²) in [6.07, 6.45) is 3.75. The Morgan fingerprint density at radius 1 is 0.478 bits per heavy atom. The number of pyridine rings is 2. The standard InChI is InChI=1S/C40H34N4O2/c1-39(2)23-43-37(45-39)27-15-18-33(41-21-27)35-29-12-8-9-13-30(29)36(32-20-26(14-17-31(32)35)25-10-6-5-7-11-25)34-19-16-28(22-42-34)38-44-24-40(3,4)46-38/h5-22H,23-24H2,1-4H3. The van der Waals surface area contributed by atoms with E-state index < -0.39 is 0 Å². The van der Waals surface area contributed by atoms with Crippen molar-refractivity contribution < 1.29 is 9.47 Å². The molecule has 4 heterocycles. The van der Waals surface area contributed by atoms with Crippen LogP contribution >= 0.6 is 0 Å². The minimum Gasteiger partial charge on any atom is -0.469 e. The number of aromatic nitrogens is 2. The number of hydrogen-bond donors (Lipinski definition) is 0. The van der Waals surface area contributed by atoms with E-state index in [1.807, 2.05) is 18.5 Å². The summed E-state index contributed by atoms with van der Waals surface area (Å²) in [5, 5.41) is 4.45. The van der Waals surface area contributed by atoms with Crippen molar-refractivity contribution in [2.24, 2.45) is 9.98 Å². The molecule has 6 aromatic rings. The van der Waals surface area contributed by atoms with Crippen molar-refractivity contribution in [2.75, 3.05) is 13.1 Å². The summed E-state index contributed by atoms with van der Waals surface area (Å²) in [6.45, 7) is 9.48. The van der Waals surface area contributed by atoms with E-state index in [0.29, 0.717) is 24.9 Å². The van der Waals surface area contributed by atoms with Crippen LogP contribution in [0.2, 0.25) is 0 Å². The lowest BCUT2D eigenvalue weighted by atomic mass is 9.87. The van der Waals surface area contributed by atoms with Crippen LogP contribution in [-0.4, -0.2) is 46.1 Å². The predicted octanol–water partition coefficient (Wildman–Crippen LogP) is 8.89. The van der Waals surface area contributed by atoms with Gasteiger partial charge in [0, 0.05) is 23.5 Å². The molecular formula is C40H34N4O2. The Labute approximate surface area is 268 Å². The highest BCUT2D eigenvalue weighted by molar-refractivity contribution is 6.21. The predicted molar refractivity (Wildman–Crippen MR) is 186 cm³/mol. The molecule has 0 spiro atoms. The van der Waals surface area contributed by atoms with Gasteiger partial charge in [0.2, 0.25) is 11.8 Å². The highest BCUT2D eigenvalue weighted by Gasteiger charge is 2.30. The molecule has 6 nitrogen and oxygen atoms in total. The Kier molecular flexibility index (Phi) is 6.50. The van der Waals surface area contributed by atoms with E-state index in [4.69, 9.17) is 19.4 Å². The van der Waals surface area contributed by atoms with Gasteiger partial charge in [-0.25, -0.2) is 9.98 Å². The van der Waals surface area contributed by atoms with Crippen molar-refractivity contribution in [1.82, 2.24) is 9.97 Å². The molecule has 0 radical (unpaired) electrons. The normalized spacial score (nSPS) is 16.6. The van der Waals surface area contributed by atoms with Crippen LogP contribution in [0.1, 0.15) is 38.8 Å². The molecule has 0 saturated carbocycles. The van der Waals surface area contributed by atoms with Crippen LogP contribution in [0.15, 0.2) is 119 Å². The second kappa shape index (κ2) is 10.6. The van der Waals surface area contributed by atoms with E-state index in [9.17, 15) is 0 Å². The van der Waals surface area contributed by atoms with Crippen LogP contribution in [0.4, 0.5) is 0 Å². The first-order valence-corrected chi connectivity index (χ1v) is 15.7. The van der Waals surface area contributed by atoms with Crippen LogP contribution < -0.4 is 0 Å². The Morgan fingerprint density at radius 2 is 0.957 bits per heavy atom. The molecule has 0 amide bonds. The van der Waals surface area contributed by atoms with Gasteiger partial charge >= 0.3 is 0 Å². The molecule has 2 aliphatic heterocycles. The molecule has 2 aromatic heterocycles. The van der Waals surface area contributed by atoms with Gasteiger partial charge in [0.1, 0.15) is 11.2 Å². The summed E-state index contributed by atoms with van der Waals surface area (Å²) in [6, 6.07) is 34.0. The number of nitrogens with zero attached hydrogens (tertiary/aromatic N) is 4. The SMILES string of the molecule is CC1(C)CN=C(c2ccc(-c3c4ccccc4c(-c4ccc(C5=NCC(C)(C)O5)cn4)c4cc(-c5ccccc5)ccc34)nc2)O1. The molecular weight excluding hydrogens is 568 g/mol. The van der Waals surface area contributed by atoms with Crippen molar-refractivity contribution in [3.63, 3.8) is 0 Å². The number of hydrogen-bond acceptors (Lipinski definition) is 6. The second-order valence-corrected chi connectivity index (χ2v) is 13.3. The van der Waals surface area contributed by atoms with Crippen LogP contribution in [0.25, 0.3) is 55.2 Å². The van der Waals surface area contributed by atoms with Gasteiger partial charge in [0.05, 0.1) is 35.6 Å². The zero-order valence-corrected chi connectivity index (χ0v) is 26.4. The Balaban J connectivity index is 1.32. The van der Waals surface area contributed by atoms with E-state index in [0.717, 1.165) is 66.3 Å². The molecule has 0 bridgehead atoms. The van der Waals surface area contributed by atoms with Gasteiger partial charge < -0.3 is 9.47 Å². The largest absolute Gasteiger partial charge is 0.469 e. The average molecular weight is 603 g/mol. The molecule has 4 aromatic carbocycles. The summed E-state index contributed by atoms with van der Waals surface area (Å²) in [4.78, 5) is 19.2. The van der Waals surface area contributed by atoms with E-state index in [2.05, 4.69) is 129 Å². The fourth-order valence-corrected chi connectivity index (χ4v) is 6.35. The lowest BCUT2D eigenvalue weighted by Gasteiger charge is -2.19. The lowest BCUT2D eigenvalue weighted by Crippen LogP contribution is -2.24. The van der Waals surface area contributed by atoms with Gasteiger partial charge in [0.15, 0.2) is 0 Å². The van der Waals surface area contributed by atoms with Crippen LogP contribution in [0, 0.1) is 0 Å². The number of aliphatic imine (C=N–C) groups is 2. The molecule has 8 rings (SSSR count). The number of benzene rings is 4. The first-order chi connectivity index (χ1) is 22.2. The van der Waals surface area contributed by atoms with E-state index in [-0.39, 0.29) is 11.2 Å². The zero-order chi connectivity index (χ0) is 31.5. The summed E-state index contributed by atoms with van der Waals surface area (Å²) >= 11 is 0. The van der Waals surface area contributed by atoms with Crippen molar-refractivity contribution in [1.29, 1.82) is 0 Å². The summed E-state index contributed by atoms with van der Waals surface area (Å²) in [5.41, 5.74) is 7.43. The Bertz CT molecular complexity index is 2180. The monoisotopic (exact) mass is 602 g/mol. The molecule has 46 heavy (non-hydrogen) atoms. The van der Waals surface area contributed by atoms with Gasteiger partial charge in [0.25, 0.3) is 0 Å². The molecule has 0 atom stereocenters. The third-order valence-electron chi connectivity index (χ3n) is 8.62. The van der Waals surface area contributed by atoms with Crippen LogP contribution in [0.3, 0.4) is 0 Å². The Morgan fingerprint density at radius 3 is 1.43 bits per heavy atom. The Hall–Kier alpha value is -5.36. The summed E-state index contributed by atoms with van der Waals surface area (Å²) < 4.78 is 12.2. The minimum atomic E-state index is -0.301. The molecule has 0 unspecified atom stereocenters. The van der Waals surface area contributed by atoms with Gasteiger partial charge in [-0.2, -0.15) is 0 Å². The summed E-state index contributed by atoms with van der Waals surface area (Å²) in [7, 11) is 0. The maximum atomic E-state index is 6.09. The quantitative estimate of drug-likeness (QED) is 0.185. The molecule has 0 aliphatic carbocycles. The van der Waals surface area contributed by atoms with Gasteiger partial charge in [-0.15, -0.1) is 0 Å². The fourth-order valence-electron chi connectivity index (χ4n) is 6.35. The highest BCUT2D eigenvalue weighted by atomic mass is 16.5. The van der Waals surface area contributed by atoms with Gasteiger partial charge in [-0.3, -0.25) is 9.97 Å². The molecule has 0 saturated heterocycles. The number of fused-ring (bicyclic) bond motifs is 2. The van der Waals surface area contributed by atoms with Gasteiger partial charge in [-0.05, 0) is 90.7 Å². The van der Waals surface area contributed by atoms with Crippen molar-refractivity contribution in [3.8, 4) is 33.6 Å². The van der Waals surface area contributed by atoms with E-state index in [1.165, 1.54) is 0 Å². The number of rotatable bonds is 5. The summed E-state index contributed by atoms with van der Waals surface area (Å²) in [5.74, 6) is 1.29.